The van der Waals surface area contributed by atoms with Crippen molar-refractivity contribution in [1.82, 2.24) is 0 Å². The maximum atomic E-state index is 12.9. The van der Waals surface area contributed by atoms with Crippen LogP contribution in [0.3, 0.4) is 0 Å². The maximum absolute atomic E-state index is 12.9. The highest BCUT2D eigenvalue weighted by Gasteiger charge is 2.49. The van der Waals surface area contributed by atoms with Crippen LogP contribution < -0.4 is 10.2 Å². The molecule has 1 N–H and O–H groups in total. The van der Waals surface area contributed by atoms with Gasteiger partial charge in [-0.1, -0.05) is 6.92 Å². The summed E-state index contributed by atoms with van der Waals surface area (Å²) in [7, 11) is 0. The highest BCUT2D eigenvalue weighted by Crippen LogP contribution is 2.42. The number of carbonyl (C=O) groups excluding carboxylic acids is 5. The molecule has 1 heterocycles. The molecule has 1 aliphatic carbocycles. The highest BCUT2D eigenvalue weighted by molar-refractivity contribution is 6.22. The van der Waals surface area contributed by atoms with E-state index in [-0.39, 0.29) is 35.8 Å². The molecule has 0 aromatic heterocycles. The van der Waals surface area contributed by atoms with E-state index in [2.05, 4.69) is 12.2 Å². The Morgan fingerprint density at radius 3 is 2.08 bits per heavy atom. The zero-order chi connectivity index (χ0) is 25.8. The second-order valence-electron chi connectivity index (χ2n) is 9.11. The Morgan fingerprint density at radius 2 is 1.44 bits per heavy atom. The van der Waals surface area contributed by atoms with Gasteiger partial charge in [-0.15, -0.1) is 0 Å². The summed E-state index contributed by atoms with van der Waals surface area (Å²) in [6, 6.07) is 12.1. The van der Waals surface area contributed by atoms with Gasteiger partial charge in [-0.25, -0.2) is 9.59 Å². The summed E-state index contributed by atoms with van der Waals surface area (Å²) in [6.45, 7) is 3.56. The van der Waals surface area contributed by atoms with Gasteiger partial charge in [0.1, 0.15) is 0 Å². The van der Waals surface area contributed by atoms with Crippen LogP contribution in [0.4, 0.5) is 11.4 Å². The highest BCUT2D eigenvalue weighted by atomic mass is 16.5. The largest absolute Gasteiger partial charge is 0.462 e. The van der Waals surface area contributed by atoms with Gasteiger partial charge in [-0.3, -0.25) is 19.3 Å². The summed E-state index contributed by atoms with van der Waals surface area (Å²) in [5.41, 5.74) is 1.40. The number of nitrogens with zero attached hydrogens (tertiary/aromatic N) is 1. The van der Waals surface area contributed by atoms with Crippen LogP contribution in [-0.2, 0) is 23.9 Å². The number of imide groups is 1. The van der Waals surface area contributed by atoms with Gasteiger partial charge < -0.3 is 14.8 Å². The first-order chi connectivity index (χ1) is 17.3. The van der Waals surface area contributed by atoms with Gasteiger partial charge in [-0.05, 0) is 80.6 Å². The number of nitrogens with one attached hydrogen (secondary N) is 1. The van der Waals surface area contributed by atoms with Crippen molar-refractivity contribution in [2.24, 2.45) is 17.8 Å². The fraction of sp³-hybridized carbons (Fsp3) is 0.370. The third-order valence-corrected chi connectivity index (χ3v) is 6.56. The Labute approximate surface area is 208 Å². The predicted octanol–water partition coefficient (Wildman–Crippen LogP) is 3.58. The van der Waals surface area contributed by atoms with Gasteiger partial charge in [0.25, 0.3) is 5.91 Å². The van der Waals surface area contributed by atoms with E-state index in [9.17, 15) is 24.0 Å². The summed E-state index contributed by atoms with van der Waals surface area (Å²) in [5.74, 6) is -2.20. The van der Waals surface area contributed by atoms with Gasteiger partial charge >= 0.3 is 11.9 Å². The molecule has 1 saturated heterocycles. The van der Waals surface area contributed by atoms with E-state index < -0.39 is 24.5 Å². The molecule has 2 aromatic carbocycles. The Balaban J connectivity index is 1.31. The minimum absolute atomic E-state index is 0.181. The van der Waals surface area contributed by atoms with Gasteiger partial charge in [0.2, 0.25) is 11.8 Å². The molecule has 0 radical (unpaired) electrons. The number of esters is 2. The molecule has 2 aromatic rings. The van der Waals surface area contributed by atoms with Gasteiger partial charge in [-0.2, -0.15) is 0 Å². The van der Waals surface area contributed by atoms with E-state index in [1.54, 1.807) is 31.2 Å². The second-order valence-corrected chi connectivity index (χ2v) is 9.11. The first kappa shape index (κ1) is 25.1. The topological polar surface area (TPSA) is 119 Å². The van der Waals surface area contributed by atoms with Crippen LogP contribution in [0.2, 0.25) is 0 Å². The van der Waals surface area contributed by atoms with E-state index in [0.29, 0.717) is 29.3 Å². The number of hydrogen-bond acceptors (Lipinski definition) is 7. The van der Waals surface area contributed by atoms with Crippen LogP contribution in [0.25, 0.3) is 0 Å². The number of hydrogen-bond donors (Lipinski definition) is 1. The molecule has 0 bridgehead atoms. The molecule has 0 unspecified atom stereocenters. The first-order valence-electron chi connectivity index (χ1n) is 12.0. The van der Waals surface area contributed by atoms with Crippen molar-refractivity contribution in [2.45, 2.75) is 33.1 Å². The molecule has 0 spiro atoms. The van der Waals surface area contributed by atoms with Crippen LogP contribution in [0.15, 0.2) is 48.5 Å². The quantitative estimate of drug-likeness (QED) is 0.463. The normalized spacial score (nSPS) is 21.1. The minimum atomic E-state index is -0.712. The van der Waals surface area contributed by atoms with Crippen LogP contribution in [0, 0.1) is 17.8 Å². The fourth-order valence-electron chi connectivity index (χ4n) is 4.71. The van der Waals surface area contributed by atoms with Crippen molar-refractivity contribution in [2.75, 3.05) is 23.4 Å². The molecule has 1 aliphatic heterocycles. The smallest absolute Gasteiger partial charge is 0.338 e. The first-order valence-corrected chi connectivity index (χ1v) is 12.0. The standard InChI is InChI=1S/C27H28N2O7/c1-3-35-26(33)17-5-9-19(10-6-17)28-23(30)15-36-27(34)18-7-11-20(12-8-18)29-24(31)21-13-4-16(2)14-22(21)25(29)32/h5-12,16,21-22H,3-4,13-15H2,1-2H3,(H,28,30)/t16-,21-,22-/m1/s1. The molecule has 3 amide bonds. The van der Waals surface area contributed by atoms with Gasteiger partial charge in [0.05, 0.1) is 35.3 Å². The number of carbonyl (C=O) groups is 5. The lowest BCUT2D eigenvalue weighted by Gasteiger charge is -2.25. The number of ether oxygens (including phenoxy) is 2. The molecule has 2 aliphatic rings. The van der Waals surface area contributed by atoms with E-state index in [1.807, 2.05) is 0 Å². The Morgan fingerprint density at radius 1 is 0.861 bits per heavy atom. The maximum Gasteiger partial charge on any atom is 0.338 e. The summed E-state index contributed by atoms with van der Waals surface area (Å²) < 4.78 is 9.99. The lowest BCUT2D eigenvalue weighted by molar-refractivity contribution is -0.122. The SMILES string of the molecule is CCOC(=O)c1ccc(NC(=O)COC(=O)c2ccc(N3C(=O)[C@@H]4CC[C@@H](C)C[C@H]4C3=O)cc2)cc1. The lowest BCUT2D eigenvalue weighted by atomic mass is 9.76. The Hall–Kier alpha value is -4.01. The minimum Gasteiger partial charge on any atom is -0.462 e. The third-order valence-electron chi connectivity index (χ3n) is 6.56. The van der Waals surface area contributed by atoms with E-state index in [1.165, 1.54) is 29.2 Å². The average molecular weight is 493 g/mol. The molecule has 2 fully saturated rings. The van der Waals surface area contributed by atoms with Crippen LogP contribution in [0.1, 0.15) is 53.8 Å². The van der Waals surface area contributed by atoms with Gasteiger partial charge in [0, 0.05) is 5.69 Å². The molecule has 188 valence electrons. The number of benzene rings is 2. The van der Waals surface area contributed by atoms with Crippen molar-refractivity contribution in [3.05, 3.63) is 59.7 Å². The predicted molar refractivity (Wildman–Crippen MR) is 130 cm³/mol. The van der Waals surface area contributed by atoms with Crippen molar-refractivity contribution >= 4 is 41.0 Å². The van der Waals surface area contributed by atoms with Crippen LogP contribution in [-0.4, -0.2) is 42.9 Å². The van der Waals surface area contributed by atoms with E-state index in [4.69, 9.17) is 9.47 Å². The van der Waals surface area contributed by atoms with E-state index in [0.717, 1.165) is 12.8 Å². The zero-order valence-corrected chi connectivity index (χ0v) is 20.2. The molecule has 36 heavy (non-hydrogen) atoms. The second kappa shape index (κ2) is 10.7. The molecule has 1 saturated carbocycles. The molecule has 9 heteroatoms. The summed E-state index contributed by atoms with van der Waals surface area (Å²) in [5, 5.41) is 2.58. The summed E-state index contributed by atoms with van der Waals surface area (Å²) >= 11 is 0. The molecular formula is C27H28N2O7. The van der Waals surface area contributed by atoms with E-state index >= 15 is 0 Å². The zero-order valence-electron chi connectivity index (χ0n) is 20.2. The van der Waals surface area contributed by atoms with Crippen LogP contribution >= 0.6 is 0 Å². The number of anilines is 2. The Kier molecular flexibility index (Phi) is 7.47. The number of fused-ring (bicyclic) bond motifs is 1. The molecule has 4 rings (SSSR count). The number of amides is 3. The van der Waals surface area contributed by atoms with Crippen molar-refractivity contribution in [3.63, 3.8) is 0 Å². The lowest BCUT2D eigenvalue weighted by Crippen LogP contribution is -2.30. The van der Waals surface area contributed by atoms with Crippen molar-refractivity contribution in [3.8, 4) is 0 Å². The van der Waals surface area contributed by atoms with Crippen LogP contribution in [0.5, 0.6) is 0 Å². The summed E-state index contributed by atoms with van der Waals surface area (Å²) in [4.78, 5) is 63.2. The molecule has 9 nitrogen and oxygen atoms in total. The fourth-order valence-corrected chi connectivity index (χ4v) is 4.71. The monoisotopic (exact) mass is 492 g/mol. The molecule has 3 atom stereocenters. The van der Waals surface area contributed by atoms with Crippen molar-refractivity contribution < 1.29 is 33.4 Å². The van der Waals surface area contributed by atoms with Crippen molar-refractivity contribution in [1.29, 1.82) is 0 Å². The number of rotatable bonds is 7. The third kappa shape index (κ3) is 5.30. The average Bonchev–Trinajstić information content (AvgIpc) is 3.12. The van der Waals surface area contributed by atoms with Gasteiger partial charge in [0.15, 0.2) is 6.61 Å². The summed E-state index contributed by atoms with van der Waals surface area (Å²) in [6.07, 6.45) is 2.37. The Bertz CT molecular complexity index is 1170. The molecular weight excluding hydrogens is 464 g/mol.